The minimum atomic E-state index is -0.350. The molecule has 0 saturated heterocycles. The van der Waals surface area contributed by atoms with Gasteiger partial charge in [0, 0.05) is 6.08 Å². The van der Waals surface area contributed by atoms with Crippen LogP contribution < -0.4 is 0 Å². The van der Waals surface area contributed by atoms with E-state index in [1.54, 1.807) is 6.08 Å². The lowest BCUT2D eigenvalue weighted by molar-refractivity contribution is -0.139. The van der Waals surface area contributed by atoms with E-state index in [0.29, 0.717) is 25.7 Å². The number of carbonyl (C=O) groups is 1. The summed E-state index contributed by atoms with van der Waals surface area (Å²) in [6.45, 7) is 7.12. The van der Waals surface area contributed by atoms with Crippen LogP contribution in [-0.4, -0.2) is 50.2 Å². The van der Waals surface area contributed by atoms with Crippen molar-refractivity contribution in [3.8, 4) is 0 Å². The number of aliphatic hydroxyl groups is 1. The van der Waals surface area contributed by atoms with Gasteiger partial charge in [-0.25, -0.2) is 4.79 Å². The summed E-state index contributed by atoms with van der Waals surface area (Å²) < 4.78 is 15.4. The average Bonchev–Trinajstić information content (AvgIpc) is 2.33. The van der Waals surface area contributed by atoms with Crippen molar-refractivity contribution in [1.82, 2.24) is 0 Å². The molecule has 0 bridgehead atoms. The molecule has 1 atom stereocenters. The Kier molecular flexibility index (Phi) is 10.6. The fourth-order valence-electron chi connectivity index (χ4n) is 1.07. The van der Waals surface area contributed by atoms with Gasteiger partial charge in [-0.15, -0.1) is 0 Å². The lowest BCUT2D eigenvalue weighted by atomic mass is 10.2. The minimum absolute atomic E-state index is 0.00411. The van der Waals surface area contributed by atoms with Gasteiger partial charge in [0.2, 0.25) is 0 Å². The zero-order chi connectivity index (χ0) is 13.8. The number of esters is 1. The van der Waals surface area contributed by atoms with Gasteiger partial charge in [-0.05, 0) is 12.8 Å². The Morgan fingerprint density at radius 1 is 1.22 bits per heavy atom. The van der Waals surface area contributed by atoms with Crippen molar-refractivity contribution in [3.05, 3.63) is 12.2 Å². The molecule has 0 amide bonds. The van der Waals surface area contributed by atoms with Crippen molar-refractivity contribution in [2.45, 2.75) is 26.9 Å². The van der Waals surface area contributed by atoms with Crippen molar-refractivity contribution in [1.29, 1.82) is 0 Å². The van der Waals surface area contributed by atoms with Gasteiger partial charge in [0.1, 0.15) is 6.61 Å². The van der Waals surface area contributed by atoms with E-state index in [-0.39, 0.29) is 25.3 Å². The Bertz CT molecular complexity index is 238. The number of carbonyl (C=O) groups excluding carboxylic acids is 1. The normalized spacial score (nSPS) is 13.2. The summed E-state index contributed by atoms with van der Waals surface area (Å²) in [5.41, 5.74) is 0. The molecule has 0 aliphatic heterocycles. The van der Waals surface area contributed by atoms with Crippen LogP contribution in [0.15, 0.2) is 12.2 Å². The molecule has 0 aromatic heterocycles. The predicted molar refractivity (Wildman–Crippen MR) is 68.3 cm³/mol. The van der Waals surface area contributed by atoms with Crippen molar-refractivity contribution in [3.63, 3.8) is 0 Å². The van der Waals surface area contributed by atoms with Gasteiger partial charge in [0.15, 0.2) is 0 Å². The van der Waals surface area contributed by atoms with Crippen LogP contribution in [0.2, 0.25) is 0 Å². The van der Waals surface area contributed by atoms with E-state index in [1.165, 1.54) is 6.08 Å². The molecule has 0 aromatic carbocycles. The molecular formula is C13H24O5. The van der Waals surface area contributed by atoms with Gasteiger partial charge in [-0.1, -0.05) is 19.9 Å². The van der Waals surface area contributed by atoms with Crippen LogP contribution in [0, 0.1) is 5.92 Å². The Labute approximate surface area is 109 Å². The maximum atomic E-state index is 11.2. The zero-order valence-electron chi connectivity index (χ0n) is 11.4. The number of aliphatic hydroxyl groups excluding tert-OH is 1. The van der Waals surface area contributed by atoms with E-state index < -0.39 is 0 Å². The molecule has 0 saturated carbocycles. The fourth-order valence-corrected chi connectivity index (χ4v) is 1.07. The highest BCUT2D eigenvalue weighted by Gasteiger charge is 2.02. The summed E-state index contributed by atoms with van der Waals surface area (Å²) in [6.07, 6.45) is 3.14. The summed E-state index contributed by atoms with van der Waals surface area (Å²) in [5, 5.41) is 8.55. The van der Waals surface area contributed by atoms with Crippen molar-refractivity contribution in [2.75, 3.05) is 33.0 Å². The molecular weight excluding hydrogens is 236 g/mol. The van der Waals surface area contributed by atoms with E-state index in [4.69, 9.17) is 19.3 Å². The Hall–Kier alpha value is -0.910. The van der Waals surface area contributed by atoms with Gasteiger partial charge in [-0.3, -0.25) is 0 Å². The topological polar surface area (TPSA) is 65.0 Å². The van der Waals surface area contributed by atoms with Gasteiger partial charge >= 0.3 is 5.97 Å². The highest BCUT2D eigenvalue weighted by Crippen LogP contribution is 1.95. The molecule has 0 aliphatic carbocycles. The van der Waals surface area contributed by atoms with E-state index in [0.717, 1.165) is 0 Å². The SMILES string of the molecule is CC(C)/C=C/C(=O)OCCOCC(C)OCCO. The smallest absolute Gasteiger partial charge is 0.330 e. The number of hydrogen-bond acceptors (Lipinski definition) is 5. The first-order valence-electron chi connectivity index (χ1n) is 6.21. The van der Waals surface area contributed by atoms with Crippen molar-refractivity contribution < 1.29 is 24.1 Å². The van der Waals surface area contributed by atoms with Crippen LogP contribution in [0.4, 0.5) is 0 Å². The summed E-state index contributed by atoms with van der Waals surface area (Å²) in [5.74, 6) is -0.0183. The molecule has 5 heteroatoms. The molecule has 18 heavy (non-hydrogen) atoms. The van der Waals surface area contributed by atoms with Crippen LogP contribution in [0.3, 0.4) is 0 Å². The van der Waals surface area contributed by atoms with Gasteiger partial charge in [0.25, 0.3) is 0 Å². The van der Waals surface area contributed by atoms with E-state index >= 15 is 0 Å². The van der Waals surface area contributed by atoms with Gasteiger partial charge in [0.05, 0.1) is 32.5 Å². The van der Waals surface area contributed by atoms with Crippen LogP contribution in [0.5, 0.6) is 0 Å². The van der Waals surface area contributed by atoms with Crippen LogP contribution in [0.1, 0.15) is 20.8 Å². The first-order valence-corrected chi connectivity index (χ1v) is 6.21. The number of allylic oxidation sites excluding steroid dienone is 1. The Morgan fingerprint density at radius 2 is 1.94 bits per heavy atom. The maximum Gasteiger partial charge on any atom is 0.330 e. The second-order valence-electron chi connectivity index (χ2n) is 4.25. The summed E-state index contributed by atoms with van der Waals surface area (Å²) in [7, 11) is 0. The predicted octanol–water partition coefficient (Wildman–Crippen LogP) is 1.16. The second kappa shape index (κ2) is 11.2. The lowest BCUT2D eigenvalue weighted by Crippen LogP contribution is -2.19. The van der Waals surface area contributed by atoms with E-state index in [9.17, 15) is 4.79 Å². The number of rotatable bonds is 10. The fraction of sp³-hybridized carbons (Fsp3) is 0.769. The molecule has 0 radical (unpaired) electrons. The largest absolute Gasteiger partial charge is 0.460 e. The average molecular weight is 260 g/mol. The van der Waals surface area contributed by atoms with Crippen molar-refractivity contribution in [2.24, 2.45) is 5.92 Å². The Morgan fingerprint density at radius 3 is 2.56 bits per heavy atom. The Balaban J connectivity index is 3.42. The van der Waals surface area contributed by atoms with E-state index in [2.05, 4.69) is 0 Å². The molecule has 0 aliphatic rings. The van der Waals surface area contributed by atoms with Crippen molar-refractivity contribution >= 4 is 5.97 Å². The van der Waals surface area contributed by atoms with E-state index in [1.807, 2.05) is 20.8 Å². The molecule has 5 nitrogen and oxygen atoms in total. The standard InChI is InChI=1S/C13H24O5/c1-11(2)4-5-13(15)18-9-8-16-10-12(3)17-7-6-14/h4-5,11-12,14H,6-10H2,1-3H3/b5-4+. The molecule has 0 aromatic rings. The molecule has 0 rings (SSSR count). The molecule has 0 heterocycles. The molecule has 0 spiro atoms. The zero-order valence-corrected chi connectivity index (χ0v) is 11.4. The maximum absolute atomic E-state index is 11.2. The summed E-state index contributed by atoms with van der Waals surface area (Å²) in [6, 6.07) is 0. The quantitative estimate of drug-likeness (QED) is 0.363. The monoisotopic (exact) mass is 260 g/mol. The summed E-state index contributed by atoms with van der Waals surface area (Å²) in [4.78, 5) is 11.2. The first kappa shape index (κ1) is 17.1. The third-order valence-corrected chi connectivity index (χ3v) is 1.94. The highest BCUT2D eigenvalue weighted by molar-refractivity contribution is 5.81. The summed E-state index contributed by atoms with van der Waals surface area (Å²) >= 11 is 0. The van der Waals surface area contributed by atoms with Crippen LogP contribution >= 0.6 is 0 Å². The highest BCUT2D eigenvalue weighted by atomic mass is 16.6. The number of hydrogen-bond donors (Lipinski definition) is 1. The second-order valence-corrected chi connectivity index (χ2v) is 4.25. The molecule has 1 unspecified atom stereocenters. The van der Waals surface area contributed by atoms with Gasteiger partial charge < -0.3 is 19.3 Å². The van der Waals surface area contributed by atoms with Crippen LogP contribution in [-0.2, 0) is 19.0 Å². The lowest BCUT2D eigenvalue weighted by Gasteiger charge is -2.12. The van der Waals surface area contributed by atoms with Crippen LogP contribution in [0.25, 0.3) is 0 Å². The third kappa shape index (κ3) is 11.6. The third-order valence-electron chi connectivity index (χ3n) is 1.94. The molecule has 1 N–H and O–H groups in total. The van der Waals surface area contributed by atoms with Gasteiger partial charge in [-0.2, -0.15) is 0 Å². The minimum Gasteiger partial charge on any atom is -0.460 e. The molecule has 106 valence electrons. The first-order chi connectivity index (χ1) is 8.56. The number of ether oxygens (including phenoxy) is 3. The molecule has 0 fully saturated rings.